The number of para-hydroxylation sites is 1. The average Bonchev–Trinajstić information content (AvgIpc) is 2.77. The van der Waals surface area contributed by atoms with Crippen LogP contribution in [0.25, 0.3) is 10.9 Å². The highest BCUT2D eigenvalue weighted by Crippen LogP contribution is 2.22. The summed E-state index contributed by atoms with van der Waals surface area (Å²) >= 11 is 0. The lowest BCUT2D eigenvalue weighted by atomic mass is 10.2. The fourth-order valence-electron chi connectivity index (χ4n) is 1.91. The maximum atomic E-state index is 11.9. The molecule has 0 unspecified atom stereocenters. The number of aromatic nitrogens is 1. The molecule has 2 nitrogen and oxygen atoms in total. The molecule has 0 amide bonds. The summed E-state index contributed by atoms with van der Waals surface area (Å²) in [6.45, 7) is 0. The van der Waals surface area contributed by atoms with E-state index in [1.54, 1.807) is 6.20 Å². The molecule has 5 heteroatoms. The standard InChI is InChI=1S/C14H13F3NO/c15-14(16,17)9-4-3-7-13(19)18-10-8-11-5-1-2-6-12(11)18/h1-2,4-6,8,10H,3,7,9H2. The van der Waals surface area contributed by atoms with E-state index in [4.69, 9.17) is 0 Å². The van der Waals surface area contributed by atoms with E-state index in [9.17, 15) is 18.0 Å². The van der Waals surface area contributed by atoms with Crippen molar-refractivity contribution in [3.8, 4) is 0 Å². The summed E-state index contributed by atoms with van der Waals surface area (Å²) in [6, 6.07) is 9.20. The number of rotatable bonds is 4. The maximum Gasteiger partial charge on any atom is 0.389 e. The van der Waals surface area contributed by atoms with Crippen molar-refractivity contribution in [3.63, 3.8) is 0 Å². The van der Waals surface area contributed by atoms with Crippen LogP contribution in [0.15, 0.2) is 36.5 Å². The minimum atomic E-state index is -4.19. The summed E-state index contributed by atoms with van der Waals surface area (Å²) < 4.78 is 37.3. The molecule has 0 saturated heterocycles. The van der Waals surface area contributed by atoms with Crippen molar-refractivity contribution in [2.75, 3.05) is 0 Å². The third kappa shape index (κ3) is 3.59. The molecule has 0 fully saturated rings. The Morgan fingerprint density at radius 2 is 1.95 bits per heavy atom. The zero-order valence-corrected chi connectivity index (χ0v) is 10.2. The predicted octanol–water partition coefficient (Wildman–Crippen LogP) is 4.22. The monoisotopic (exact) mass is 268 g/mol. The van der Waals surface area contributed by atoms with Gasteiger partial charge in [-0.3, -0.25) is 9.36 Å². The summed E-state index contributed by atoms with van der Waals surface area (Å²) in [7, 11) is 0. The third-order valence-electron chi connectivity index (χ3n) is 2.81. The lowest BCUT2D eigenvalue weighted by molar-refractivity contribution is -0.128. The molecule has 19 heavy (non-hydrogen) atoms. The van der Waals surface area contributed by atoms with Gasteiger partial charge in [-0.2, -0.15) is 13.2 Å². The summed E-state index contributed by atoms with van der Waals surface area (Å²) in [5.41, 5.74) is 0.781. The van der Waals surface area contributed by atoms with E-state index in [1.807, 2.05) is 30.3 Å². The van der Waals surface area contributed by atoms with Crippen LogP contribution in [0.4, 0.5) is 13.2 Å². The highest BCUT2D eigenvalue weighted by Gasteiger charge is 2.26. The first kappa shape index (κ1) is 13.6. The van der Waals surface area contributed by atoms with E-state index >= 15 is 0 Å². The number of benzene rings is 1. The van der Waals surface area contributed by atoms with Crippen molar-refractivity contribution in [1.82, 2.24) is 4.57 Å². The van der Waals surface area contributed by atoms with Crippen LogP contribution in [0.1, 0.15) is 24.1 Å². The van der Waals surface area contributed by atoms with Crippen LogP contribution in [0.3, 0.4) is 0 Å². The molecule has 1 heterocycles. The molecule has 0 aliphatic rings. The Morgan fingerprint density at radius 3 is 2.68 bits per heavy atom. The van der Waals surface area contributed by atoms with Gasteiger partial charge in [0.1, 0.15) is 0 Å². The SMILES string of the molecule is O=C(CC[CH]CC(F)(F)F)n1ccc2ccccc21. The van der Waals surface area contributed by atoms with Crippen LogP contribution < -0.4 is 0 Å². The Morgan fingerprint density at radius 1 is 1.21 bits per heavy atom. The first-order chi connectivity index (χ1) is 8.97. The molecule has 1 aromatic heterocycles. The minimum Gasteiger partial charge on any atom is -0.287 e. The van der Waals surface area contributed by atoms with E-state index < -0.39 is 12.6 Å². The molecule has 101 valence electrons. The third-order valence-corrected chi connectivity index (χ3v) is 2.81. The van der Waals surface area contributed by atoms with E-state index in [2.05, 4.69) is 0 Å². The van der Waals surface area contributed by atoms with Crippen LogP contribution in [0.5, 0.6) is 0 Å². The molecule has 0 atom stereocenters. The lowest BCUT2D eigenvalue weighted by Crippen LogP contribution is -2.11. The summed E-state index contributed by atoms with van der Waals surface area (Å²) in [5.74, 6) is -0.195. The van der Waals surface area contributed by atoms with Gasteiger partial charge in [0, 0.05) is 24.4 Å². The van der Waals surface area contributed by atoms with E-state index in [0.717, 1.165) is 17.3 Å². The summed E-state index contributed by atoms with van der Waals surface area (Å²) in [4.78, 5) is 11.9. The Kier molecular flexibility index (Phi) is 3.93. The Labute approximate surface area is 108 Å². The van der Waals surface area contributed by atoms with Gasteiger partial charge >= 0.3 is 6.18 Å². The van der Waals surface area contributed by atoms with Crippen molar-refractivity contribution in [3.05, 3.63) is 42.9 Å². The van der Waals surface area contributed by atoms with Gasteiger partial charge in [0.05, 0.1) is 5.52 Å². The Balaban J connectivity index is 1.93. The number of fused-ring (bicyclic) bond motifs is 1. The molecule has 0 aliphatic carbocycles. The van der Waals surface area contributed by atoms with Gasteiger partial charge in [0.2, 0.25) is 5.91 Å². The number of carbonyl (C=O) groups is 1. The van der Waals surface area contributed by atoms with Crippen LogP contribution >= 0.6 is 0 Å². The molecule has 2 rings (SSSR count). The second-order valence-corrected chi connectivity index (χ2v) is 4.28. The van der Waals surface area contributed by atoms with Crippen molar-refractivity contribution >= 4 is 16.8 Å². The van der Waals surface area contributed by atoms with Crippen molar-refractivity contribution in [2.45, 2.75) is 25.4 Å². The second-order valence-electron chi connectivity index (χ2n) is 4.28. The van der Waals surface area contributed by atoms with E-state index in [1.165, 1.54) is 4.57 Å². The summed E-state index contributed by atoms with van der Waals surface area (Å²) in [5, 5.41) is 0.940. The summed E-state index contributed by atoms with van der Waals surface area (Å²) in [6.07, 6.45) is -2.18. The Bertz CT molecular complexity index is 571. The lowest BCUT2D eigenvalue weighted by Gasteiger charge is -2.06. The molecule has 1 radical (unpaired) electrons. The zero-order chi connectivity index (χ0) is 13.9. The van der Waals surface area contributed by atoms with Crippen LogP contribution in [-0.4, -0.2) is 16.7 Å². The van der Waals surface area contributed by atoms with Gasteiger partial charge < -0.3 is 0 Å². The van der Waals surface area contributed by atoms with Gasteiger partial charge in [-0.25, -0.2) is 0 Å². The predicted molar refractivity (Wildman–Crippen MR) is 66.8 cm³/mol. The number of alkyl halides is 3. The number of halogens is 3. The van der Waals surface area contributed by atoms with Crippen molar-refractivity contribution < 1.29 is 18.0 Å². The highest BCUT2D eigenvalue weighted by molar-refractivity contribution is 5.92. The quantitative estimate of drug-likeness (QED) is 0.761. The van der Waals surface area contributed by atoms with Gasteiger partial charge in [0.25, 0.3) is 0 Å². The fraction of sp³-hybridized carbons (Fsp3) is 0.286. The number of hydrogen-bond donors (Lipinski definition) is 0. The number of hydrogen-bond acceptors (Lipinski definition) is 1. The first-order valence-corrected chi connectivity index (χ1v) is 5.95. The molecule has 0 N–H and O–H groups in total. The molecule has 0 spiro atoms. The largest absolute Gasteiger partial charge is 0.389 e. The number of nitrogens with zero attached hydrogens (tertiary/aromatic N) is 1. The average molecular weight is 268 g/mol. The maximum absolute atomic E-state index is 11.9. The topological polar surface area (TPSA) is 22.0 Å². The van der Waals surface area contributed by atoms with Gasteiger partial charge in [-0.1, -0.05) is 18.2 Å². The fourth-order valence-corrected chi connectivity index (χ4v) is 1.91. The highest BCUT2D eigenvalue weighted by atomic mass is 19.4. The first-order valence-electron chi connectivity index (χ1n) is 5.95. The number of unbranched alkanes of at least 4 members (excludes halogenated alkanes) is 1. The van der Waals surface area contributed by atoms with Gasteiger partial charge in [-0.05, 0) is 25.0 Å². The van der Waals surface area contributed by atoms with Crippen molar-refractivity contribution in [1.29, 1.82) is 0 Å². The Hall–Kier alpha value is -1.78. The molecule has 1 aromatic carbocycles. The zero-order valence-electron chi connectivity index (χ0n) is 10.2. The number of carbonyl (C=O) groups excluding carboxylic acids is 1. The van der Waals surface area contributed by atoms with Crippen LogP contribution in [0.2, 0.25) is 0 Å². The second kappa shape index (κ2) is 5.47. The molecule has 0 aliphatic heterocycles. The molecular formula is C14H13F3NO. The van der Waals surface area contributed by atoms with Crippen LogP contribution in [-0.2, 0) is 0 Å². The van der Waals surface area contributed by atoms with Crippen molar-refractivity contribution in [2.24, 2.45) is 0 Å². The normalized spacial score (nSPS) is 11.9. The van der Waals surface area contributed by atoms with E-state index in [-0.39, 0.29) is 18.7 Å². The minimum absolute atomic E-state index is 0.0781. The molecule has 0 saturated carbocycles. The van der Waals surface area contributed by atoms with E-state index in [0.29, 0.717) is 0 Å². The smallest absolute Gasteiger partial charge is 0.287 e. The molecular weight excluding hydrogens is 255 g/mol. The molecule has 2 aromatic rings. The van der Waals surface area contributed by atoms with Crippen LogP contribution in [0, 0.1) is 6.42 Å². The van der Waals surface area contributed by atoms with Gasteiger partial charge in [-0.15, -0.1) is 0 Å². The molecule has 0 bridgehead atoms. The van der Waals surface area contributed by atoms with Gasteiger partial charge in [0.15, 0.2) is 0 Å².